The summed E-state index contributed by atoms with van der Waals surface area (Å²) in [6.07, 6.45) is 2.19. The summed E-state index contributed by atoms with van der Waals surface area (Å²) in [7, 11) is 2.15. The Hall–Kier alpha value is -1.06. The number of nitrogens with zero attached hydrogens (tertiary/aromatic N) is 1. The monoisotopic (exact) mass is 235 g/mol. The molecule has 0 aromatic heterocycles. The van der Waals surface area contributed by atoms with Gasteiger partial charge in [-0.3, -0.25) is 0 Å². The van der Waals surface area contributed by atoms with Gasteiger partial charge < -0.3 is 14.7 Å². The van der Waals surface area contributed by atoms with E-state index in [1.54, 1.807) is 0 Å². The summed E-state index contributed by atoms with van der Waals surface area (Å²) < 4.78 is 5.39. The average molecular weight is 235 g/mol. The highest BCUT2D eigenvalue weighted by molar-refractivity contribution is 5.54. The van der Waals surface area contributed by atoms with Gasteiger partial charge in [-0.2, -0.15) is 0 Å². The average Bonchev–Trinajstić information content (AvgIpc) is 2.39. The van der Waals surface area contributed by atoms with E-state index in [0.717, 1.165) is 31.6 Å². The molecular formula is C14H21NO2. The molecule has 0 radical (unpaired) electrons. The van der Waals surface area contributed by atoms with Crippen LogP contribution >= 0.6 is 0 Å². The molecule has 0 unspecified atom stereocenters. The Bertz CT molecular complexity index is 372. The van der Waals surface area contributed by atoms with Gasteiger partial charge in [-0.1, -0.05) is 12.1 Å². The van der Waals surface area contributed by atoms with Crippen LogP contribution in [0.15, 0.2) is 18.2 Å². The first-order valence-electron chi connectivity index (χ1n) is 6.23. The van der Waals surface area contributed by atoms with Crippen molar-refractivity contribution < 1.29 is 9.84 Å². The Balaban J connectivity index is 2.15. The second-order valence-corrected chi connectivity index (χ2v) is 4.73. The molecule has 1 heterocycles. The van der Waals surface area contributed by atoms with Crippen molar-refractivity contribution in [1.82, 2.24) is 0 Å². The summed E-state index contributed by atoms with van der Waals surface area (Å²) in [5.41, 5.74) is 3.46. The molecule has 3 heteroatoms. The summed E-state index contributed by atoms with van der Waals surface area (Å²) in [5.74, 6) is 0. The largest absolute Gasteiger partial charge is 0.392 e. The quantitative estimate of drug-likeness (QED) is 0.871. The molecule has 1 aromatic rings. The lowest BCUT2D eigenvalue weighted by Gasteiger charge is -2.34. The number of hydrogen-bond donors (Lipinski definition) is 1. The van der Waals surface area contributed by atoms with Crippen molar-refractivity contribution in [3.05, 3.63) is 29.3 Å². The number of aliphatic hydroxyl groups excluding tert-OH is 1. The Morgan fingerprint density at radius 1 is 1.35 bits per heavy atom. The zero-order valence-electron chi connectivity index (χ0n) is 10.6. The van der Waals surface area contributed by atoms with Crippen LogP contribution in [0.2, 0.25) is 0 Å². The third kappa shape index (κ3) is 2.79. The molecule has 1 aromatic carbocycles. The molecule has 17 heavy (non-hydrogen) atoms. The Morgan fingerprint density at radius 2 is 2.06 bits per heavy atom. The number of anilines is 1. The molecule has 1 aliphatic rings. The van der Waals surface area contributed by atoms with Crippen molar-refractivity contribution in [1.29, 1.82) is 0 Å². The Labute approximate surface area is 103 Å². The van der Waals surface area contributed by atoms with Crippen LogP contribution < -0.4 is 4.90 Å². The predicted octanol–water partition coefficient (Wildman–Crippen LogP) is 2.10. The second kappa shape index (κ2) is 5.52. The van der Waals surface area contributed by atoms with Crippen molar-refractivity contribution in [2.24, 2.45) is 0 Å². The topological polar surface area (TPSA) is 32.7 Å². The highest BCUT2D eigenvalue weighted by Crippen LogP contribution is 2.25. The minimum absolute atomic E-state index is 0.113. The van der Waals surface area contributed by atoms with Crippen LogP contribution in [0.25, 0.3) is 0 Å². The molecule has 3 nitrogen and oxygen atoms in total. The smallest absolute Gasteiger partial charge is 0.0681 e. The molecule has 0 amide bonds. The number of benzene rings is 1. The molecule has 1 saturated heterocycles. The molecule has 0 saturated carbocycles. The minimum atomic E-state index is 0.113. The van der Waals surface area contributed by atoms with Gasteiger partial charge in [-0.05, 0) is 37.0 Å². The van der Waals surface area contributed by atoms with Crippen LogP contribution in [0.1, 0.15) is 24.0 Å². The van der Waals surface area contributed by atoms with Gasteiger partial charge in [-0.15, -0.1) is 0 Å². The molecule has 0 aliphatic carbocycles. The number of hydrogen-bond acceptors (Lipinski definition) is 3. The van der Waals surface area contributed by atoms with Crippen LogP contribution in [-0.2, 0) is 11.3 Å². The van der Waals surface area contributed by atoms with Crippen LogP contribution in [0.3, 0.4) is 0 Å². The normalized spacial score (nSPS) is 17.1. The lowest BCUT2D eigenvalue weighted by molar-refractivity contribution is 0.0854. The summed E-state index contributed by atoms with van der Waals surface area (Å²) in [5, 5.41) is 9.11. The maximum atomic E-state index is 9.11. The maximum Gasteiger partial charge on any atom is 0.0681 e. The van der Waals surface area contributed by atoms with Gasteiger partial charge >= 0.3 is 0 Å². The van der Waals surface area contributed by atoms with E-state index in [-0.39, 0.29) is 6.61 Å². The van der Waals surface area contributed by atoms with E-state index in [0.29, 0.717) is 6.04 Å². The molecule has 94 valence electrons. The summed E-state index contributed by atoms with van der Waals surface area (Å²) in [6, 6.07) is 6.74. The number of rotatable bonds is 3. The fourth-order valence-corrected chi connectivity index (χ4v) is 2.48. The SMILES string of the molecule is Cc1cc(CO)ccc1N(C)C1CCOCC1. The molecule has 0 spiro atoms. The third-order valence-corrected chi connectivity index (χ3v) is 3.56. The highest BCUT2D eigenvalue weighted by atomic mass is 16.5. The van der Waals surface area contributed by atoms with E-state index >= 15 is 0 Å². The number of aliphatic hydroxyl groups is 1. The van der Waals surface area contributed by atoms with Crippen molar-refractivity contribution in [2.45, 2.75) is 32.4 Å². The van der Waals surface area contributed by atoms with Gasteiger partial charge in [0.15, 0.2) is 0 Å². The van der Waals surface area contributed by atoms with Crippen molar-refractivity contribution >= 4 is 5.69 Å². The third-order valence-electron chi connectivity index (χ3n) is 3.56. The first kappa shape index (κ1) is 12.4. The van der Waals surface area contributed by atoms with Crippen LogP contribution in [0, 0.1) is 6.92 Å². The maximum absolute atomic E-state index is 9.11. The molecule has 1 fully saturated rings. The van der Waals surface area contributed by atoms with Crippen molar-refractivity contribution in [2.75, 3.05) is 25.2 Å². The van der Waals surface area contributed by atoms with Gasteiger partial charge in [0, 0.05) is 32.0 Å². The predicted molar refractivity (Wildman–Crippen MR) is 69.3 cm³/mol. The van der Waals surface area contributed by atoms with E-state index in [1.165, 1.54) is 11.3 Å². The Morgan fingerprint density at radius 3 is 2.65 bits per heavy atom. The molecule has 2 rings (SSSR count). The van der Waals surface area contributed by atoms with E-state index < -0.39 is 0 Å². The molecule has 1 aliphatic heterocycles. The second-order valence-electron chi connectivity index (χ2n) is 4.73. The summed E-state index contributed by atoms with van der Waals surface area (Å²) >= 11 is 0. The first-order chi connectivity index (χ1) is 8.22. The molecular weight excluding hydrogens is 214 g/mol. The van der Waals surface area contributed by atoms with Gasteiger partial charge in [0.2, 0.25) is 0 Å². The highest BCUT2D eigenvalue weighted by Gasteiger charge is 2.19. The summed E-state index contributed by atoms with van der Waals surface area (Å²) in [6.45, 7) is 3.94. The van der Waals surface area contributed by atoms with Crippen molar-refractivity contribution in [3.8, 4) is 0 Å². The van der Waals surface area contributed by atoms with Gasteiger partial charge in [0.05, 0.1) is 6.61 Å². The summed E-state index contributed by atoms with van der Waals surface area (Å²) in [4.78, 5) is 2.35. The zero-order chi connectivity index (χ0) is 12.3. The molecule has 0 atom stereocenters. The van der Waals surface area contributed by atoms with E-state index in [2.05, 4.69) is 31.0 Å². The van der Waals surface area contributed by atoms with Gasteiger partial charge in [-0.25, -0.2) is 0 Å². The van der Waals surface area contributed by atoms with Gasteiger partial charge in [0.25, 0.3) is 0 Å². The molecule has 0 bridgehead atoms. The van der Waals surface area contributed by atoms with Crippen LogP contribution in [0.5, 0.6) is 0 Å². The standard InChI is InChI=1S/C14H21NO2/c1-11-9-12(10-16)3-4-14(11)15(2)13-5-7-17-8-6-13/h3-4,9,13,16H,5-8,10H2,1-2H3. The lowest BCUT2D eigenvalue weighted by atomic mass is 10.0. The van der Waals surface area contributed by atoms with Crippen LogP contribution in [0.4, 0.5) is 5.69 Å². The van der Waals surface area contributed by atoms with E-state index in [4.69, 9.17) is 9.84 Å². The zero-order valence-corrected chi connectivity index (χ0v) is 10.6. The Kier molecular flexibility index (Phi) is 4.02. The minimum Gasteiger partial charge on any atom is -0.392 e. The number of aryl methyl sites for hydroxylation is 1. The lowest BCUT2D eigenvalue weighted by Crippen LogP contribution is -2.37. The van der Waals surface area contributed by atoms with E-state index in [1.807, 2.05) is 6.07 Å². The first-order valence-corrected chi connectivity index (χ1v) is 6.23. The van der Waals surface area contributed by atoms with E-state index in [9.17, 15) is 0 Å². The number of ether oxygens (including phenoxy) is 1. The molecule has 1 N–H and O–H groups in total. The fraction of sp³-hybridized carbons (Fsp3) is 0.571. The van der Waals surface area contributed by atoms with Gasteiger partial charge in [0.1, 0.15) is 0 Å². The van der Waals surface area contributed by atoms with Crippen molar-refractivity contribution in [3.63, 3.8) is 0 Å². The van der Waals surface area contributed by atoms with Crippen LogP contribution in [-0.4, -0.2) is 31.4 Å². The fourth-order valence-electron chi connectivity index (χ4n) is 2.48.